The zero-order chi connectivity index (χ0) is 14.6. The summed E-state index contributed by atoms with van der Waals surface area (Å²) in [5.41, 5.74) is 3.52. The van der Waals surface area contributed by atoms with E-state index in [4.69, 9.17) is 0 Å². The van der Waals surface area contributed by atoms with Gasteiger partial charge in [-0.15, -0.1) is 0 Å². The Hall–Kier alpha value is -2.40. The molecule has 2 heterocycles. The SMILES string of the molecule is O=C1Nc2ccc(Br)cc2/C1=C1/Nc2ccccc2C1=O. The van der Waals surface area contributed by atoms with E-state index in [1.165, 1.54) is 0 Å². The minimum Gasteiger partial charge on any atom is -0.351 e. The monoisotopic (exact) mass is 340 g/mol. The lowest BCUT2D eigenvalue weighted by molar-refractivity contribution is -0.110. The van der Waals surface area contributed by atoms with Crippen LogP contribution in [0.25, 0.3) is 5.57 Å². The topological polar surface area (TPSA) is 58.2 Å². The molecule has 2 N–H and O–H groups in total. The van der Waals surface area contributed by atoms with E-state index < -0.39 is 0 Å². The molecule has 5 heteroatoms. The second-order valence-electron chi connectivity index (χ2n) is 4.89. The van der Waals surface area contributed by atoms with Gasteiger partial charge in [-0.05, 0) is 30.3 Å². The van der Waals surface area contributed by atoms with Crippen molar-refractivity contribution in [2.45, 2.75) is 0 Å². The van der Waals surface area contributed by atoms with Crippen LogP contribution in [0.4, 0.5) is 11.4 Å². The number of carbonyl (C=O) groups excluding carboxylic acids is 2. The van der Waals surface area contributed by atoms with E-state index in [1.54, 1.807) is 6.07 Å². The Labute approximate surface area is 129 Å². The Kier molecular flexibility index (Phi) is 2.53. The van der Waals surface area contributed by atoms with Crippen LogP contribution in [-0.4, -0.2) is 11.7 Å². The molecule has 0 unspecified atom stereocenters. The number of amides is 1. The number of fused-ring (bicyclic) bond motifs is 2. The second kappa shape index (κ2) is 4.30. The maximum atomic E-state index is 12.5. The van der Waals surface area contributed by atoms with Gasteiger partial charge in [0.15, 0.2) is 0 Å². The lowest BCUT2D eigenvalue weighted by Gasteiger charge is -2.03. The summed E-state index contributed by atoms with van der Waals surface area (Å²) in [6, 6.07) is 12.8. The summed E-state index contributed by atoms with van der Waals surface area (Å²) in [4.78, 5) is 24.8. The minimum atomic E-state index is -0.258. The van der Waals surface area contributed by atoms with Crippen molar-refractivity contribution in [1.29, 1.82) is 0 Å². The number of hydrogen-bond donors (Lipinski definition) is 2. The quantitative estimate of drug-likeness (QED) is 0.722. The molecule has 0 bridgehead atoms. The normalized spacial score (nSPS) is 19.1. The van der Waals surface area contributed by atoms with E-state index in [-0.39, 0.29) is 11.7 Å². The second-order valence-corrected chi connectivity index (χ2v) is 5.81. The fourth-order valence-corrected chi connectivity index (χ4v) is 3.04. The van der Waals surface area contributed by atoms with Crippen LogP contribution >= 0.6 is 15.9 Å². The highest BCUT2D eigenvalue weighted by molar-refractivity contribution is 9.10. The first-order valence-corrected chi connectivity index (χ1v) is 7.21. The Morgan fingerprint density at radius 1 is 0.857 bits per heavy atom. The molecule has 0 spiro atoms. The third kappa shape index (κ3) is 1.74. The first kappa shape index (κ1) is 12.3. The lowest BCUT2D eigenvalue weighted by Crippen LogP contribution is -2.11. The molecule has 2 aliphatic rings. The van der Waals surface area contributed by atoms with Crippen molar-refractivity contribution >= 4 is 44.6 Å². The van der Waals surface area contributed by atoms with Crippen LogP contribution in [0.2, 0.25) is 0 Å². The summed E-state index contributed by atoms with van der Waals surface area (Å²) in [6.45, 7) is 0. The van der Waals surface area contributed by atoms with Crippen molar-refractivity contribution in [3.63, 3.8) is 0 Å². The number of anilines is 2. The summed E-state index contributed by atoms with van der Waals surface area (Å²) in [7, 11) is 0. The zero-order valence-electron chi connectivity index (χ0n) is 10.7. The molecule has 0 atom stereocenters. The molecule has 102 valence electrons. The highest BCUT2D eigenvalue weighted by Gasteiger charge is 2.34. The van der Waals surface area contributed by atoms with Crippen LogP contribution in [-0.2, 0) is 4.79 Å². The number of hydrogen-bond acceptors (Lipinski definition) is 3. The van der Waals surface area contributed by atoms with Crippen LogP contribution in [0.3, 0.4) is 0 Å². The number of Topliss-reactive ketones (excluding diaryl/α,β-unsaturated/α-hetero) is 1. The average Bonchev–Trinajstić information content (AvgIpc) is 2.96. The molecular weight excluding hydrogens is 332 g/mol. The summed E-state index contributed by atoms with van der Waals surface area (Å²) < 4.78 is 0.860. The fourth-order valence-electron chi connectivity index (χ4n) is 2.68. The van der Waals surface area contributed by atoms with E-state index in [0.29, 0.717) is 16.8 Å². The van der Waals surface area contributed by atoms with Crippen molar-refractivity contribution in [3.8, 4) is 0 Å². The molecule has 0 aromatic heterocycles. The molecule has 2 aromatic carbocycles. The zero-order valence-corrected chi connectivity index (χ0v) is 12.3. The van der Waals surface area contributed by atoms with Crippen molar-refractivity contribution in [2.24, 2.45) is 0 Å². The Morgan fingerprint density at radius 3 is 2.43 bits per heavy atom. The number of para-hydroxylation sites is 1. The van der Waals surface area contributed by atoms with Gasteiger partial charge in [-0.2, -0.15) is 0 Å². The number of ketones is 1. The first-order valence-electron chi connectivity index (χ1n) is 6.41. The Balaban J connectivity index is 1.94. The number of allylic oxidation sites excluding steroid dienone is 1. The van der Waals surface area contributed by atoms with E-state index in [1.807, 2.05) is 36.4 Å². The van der Waals surface area contributed by atoms with Gasteiger partial charge in [0.1, 0.15) is 5.70 Å². The van der Waals surface area contributed by atoms with Gasteiger partial charge in [-0.3, -0.25) is 9.59 Å². The largest absolute Gasteiger partial charge is 0.351 e. The highest BCUT2D eigenvalue weighted by atomic mass is 79.9. The van der Waals surface area contributed by atoms with Crippen molar-refractivity contribution in [3.05, 3.63) is 63.8 Å². The number of nitrogens with one attached hydrogen (secondary N) is 2. The third-order valence-electron chi connectivity index (χ3n) is 3.63. The number of carbonyl (C=O) groups is 2. The molecule has 1 amide bonds. The molecule has 0 fully saturated rings. The summed E-state index contributed by atoms with van der Waals surface area (Å²) in [5.74, 6) is -0.407. The minimum absolute atomic E-state index is 0.149. The maximum absolute atomic E-state index is 12.5. The number of benzene rings is 2. The van der Waals surface area contributed by atoms with E-state index >= 15 is 0 Å². The van der Waals surface area contributed by atoms with Crippen molar-refractivity contribution in [2.75, 3.05) is 10.6 Å². The Bertz CT molecular complexity index is 855. The third-order valence-corrected chi connectivity index (χ3v) is 4.13. The van der Waals surface area contributed by atoms with Gasteiger partial charge in [-0.1, -0.05) is 28.1 Å². The van der Waals surface area contributed by atoms with Crippen LogP contribution in [0.1, 0.15) is 15.9 Å². The van der Waals surface area contributed by atoms with Gasteiger partial charge in [-0.25, -0.2) is 0 Å². The van der Waals surface area contributed by atoms with Gasteiger partial charge in [0.25, 0.3) is 5.91 Å². The standard InChI is InChI=1S/C16H9BrN2O2/c17-8-5-6-12-10(7-8)13(16(21)19-12)14-15(20)9-3-1-2-4-11(9)18-14/h1-7,18H,(H,19,21)/b14-13-. The molecule has 0 saturated carbocycles. The van der Waals surface area contributed by atoms with E-state index in [2.05, 4.69) is 26.6 Å². The van der Waals surface area contributed by atoms with Crippen molar-refractivity contribution in [1.82, 2.24) is 0 Å². The average molecular weight is 341 g/mol. The van der Waals surface area contributed by atoms with E-state index in [0.717, 1.165) is 21.4 Å². The summed E-state index contributed by atoms with van der Waals surface area (Å²) in [6.07, 6.45) is 0. The Morgan fingerprint density at radius 2 is 1.62 bits per heavy atom. The summed E-state index contributed by atoms with van der Waals surface area (Å²) >= 11 is 3.40. The molecule has 2 aliphatic heterocycles. The van der Waals surface area contributed by atoms with Crippen LogP contribution < -0.4 is 10.6 Å². The predicted octanol–water partition coefficient (Wildman–Crippen LogP) is 3.42. The lowest BCUT2D eigenvalue weighted by atomic mass is 10.0. The van der Waals surface area contributed by atoms with Crippen LogP contribution in [0.15, 0.2) is 52.6 Å². The molecule has 0 radical (unpaired) electrons. The fraction of sp³-hybridized carbons (Fsp3) is 0. The molecule has 4 nitrogen and oxygen atoms in total. The van der Waals surface area contributed by atoms with Crippen molar-refractivity contribution < 1.29 is 9.59 Å². The molecule has 21 heavy (non-hydrogen) atoms. The molecule has 0 saturated heterocycles. The predicted molar refractivity (Wildman–Crippen MR) is 84.1 cm³/mol. The highest BCUT2D eigenvalue weighted by Crippen LogP contribution is 2.39. The van der Waals surface area contributed by atoms with Crippen LogP contribution in [0.5, 0.6) is 0 Å². The summed E-state index contributed by atoms with van der Waals surface area (Å²) in [5, 5.41) is 5.86. The molecule has 2 aromatic rings. The number of rotatable bonds is 0. The smallest absolute Gasteiger partial charge is 0.258 e. The van der Waals surface area contributed by atoms with E-state index in [9.17, 15) is 9.59 Å². The van der Waals surface area contributed by atoms with Crippen LogP contribution in [0, 0.1) is 0 Å². The van der Waals surface area contributed by atoms with Gasteiger partial charge in [0.2, 0.25) is 5.78 Å². The van der Waals surface area contributed by atoms with Gasteiger partial charge in [0, 0.05) is 27.0 Å². The first-order chi connectivity index (χ1) is 10.1. The molecule has 0 aliphatic carbocycles. The molecular formula is C16H9BrN2O2. The van der Waals surface area contributed by atoms with Gasteiger partial charge >= 0.3 is 0 Å². The maximum Gasteiger partial charge on any atom is 0.258 e. The molecule has 4 rings (SSSR count). The number of halogens is 1. The van der Waals surface area contributed by atoms with Gasteiger partial charge in [0.05, 0.1) is 5.57 Å². The van der Waals surface area contributed by atoms with Gasteiger partial charge < -0.3 is 10.6 Å².